The number of rotatable bonds is 7. The predicted octanol–water partition coefficient (Wildman–Crippen LogP) is 2.81. The third kappa shape index (κ3) is 4.07. The van der Waals surface area contributed by atoms with Crippen molar-refractivity contribution in [2.24, 2.45) is 0 Å². The Labute approximate surface area is 115 Å². The van der Waals surface area contributed by atoms with Crippen molar-refractivity contribution < 1.29 is 9.47 Å². The average molecular weight is 272 g/mol. The molecule has 1 atom stereocenters. The molecule has 0 aromatic heterocycles. The van der Waals surface area contributed by atoms with Gasteiger partial charge in [-0.05, 0) is 38.1 Å². The Kier molecular flexibility index (Phi) is 6.30. The van der Waals surface area contributed by atoms with Crippen molar-refractivity contribution in [1.82, 2.24) is 4.90 Å². The first-order valence-electron chi connectivity index (χ1n) is 6.09. The minimum atomic E-state index is 0.446. The van der Waals surface area contributed by atoms with Gasteiger partial charge in [-0.3, -0.25) is 0 Å². The van der Waals surface area contributed by atoms with Gasteiger partial charge in [-0.25, -0.2) is 0 Å². The Morgan fingerprint density at radius 2 is 1.89 bits per heavy atom. The van der Waals surface area contributed by atoms with E-state index in [9.17, 15) is 0 Å². The highest BCUT2D eigenvalue weighted by atomic mass is 35.5. The van der Waals surface area contributed by atoms with Crippen molar-refractivity contribution in [2.75, 3.05) is 33.7 Å². The fourth-order valence-electron chi connectivity index (χ4n) is 1.86. The topological polar surface area (TPSA) is 21.7 Å². The van der Waals surface area contributed by atoms with E-state index >= 15 is 0 Å². The van der Waals surface area contributed by atoms with Crippen molar-refractivity contribution in [3.05, 3.63) is 23.8 Å². The SMILES string of the molecule is COc1ccc(CC(C)N(C)CCCl)cc1OC. The molecule has 0 saturated carbocycles. The molecule has 0 bridgehead atoms. The maximum Gasteiger partial charge on any atom is 0.160 e. The molecule has 0 aliphatic heterocycles. The van der Waals surface area contributed by atoms with E-state index < -0.39 is 0 Å². The molecule has 0 saturated heterocycles. The van der Waals surface area contributed by atoms with Crippen LogP contribution in [0.4, 0.5) is 0 Å². The van der Waals surface area contributed by atoms with Crippen LogP contribution in [0.1, 0.15) is 12.5 Å². The molecule has 0 spiro atoms. The second-order valence-electron chi connectivity index (χ2n) is 4.41. The summed E-state index contributed by atoms with van der Waals surface area (Å²) in [6, 6.07) is 6.50. The molecule has 0 heterocycles. The second-order valence-corrected chi connectivity index (χ2v) is 4.79. The van der Waals surface area contributed by atoms with Gasteiger partial charge in [0.1, 0.15) is 0 Å². The first kappa shape index (κ1) is 15.1. The van der Waals surface area contributed by atoms with Gasteiger partial charge in [0.05, 0.1) is 14.2 Å². The van der Waals surface area contributed by atoms with Gasteiger partial charge in [0.2, 0.25) is 0 Å². The van der Waals surface area contributed by atoms with E-state index in [1.54, 1.807) is 14.2 Å². The maximum atomic E-state index is 5.75. The van der Waals surface area contributed by atoms with Crippen LogP contribution in [0.3, 0.4) is 0 Å². The van der Waals surface area contributed by atoms with Crippen molar-refractivity contribution in [1.29, 1.82) is 0 Å². The lowest BCUT2D eigenvalue weighted by Crippen LogP contribution is -2.32. The Balaban J connectivity index is 2.72. The monoisotopic (exact) mass is 271 g/mol. The van der Waals surface area contributed by atoms with Crippen molar-refractivity contribution in [2.45, 2.75) is 19.4 Å². The molecule has 1 rings (SSSR count). The number of hydrogen-bond acceptors (Lipinski definition) is 3. The van der Waals surface area contributed by atoms with Gasteiger partial charge in [0.25, 0.3) is 0 Å². The number of likely N-dealkylation sites (N-methyl/N-ethyl adjacent to an activating group) is 1. The molecule has 1 aromatic carbocycles. The zero-order valence-corrected chi connectivity index (χ0v) is 12.3. The molecule has 102 valence electrons. The first-order valence-corrected chi connectivity index (χ1v) is 6.63. The van der Waals surface area contributed by atoms with Gasteiger partial charge in [-0.1, -0.05) is 6.07 Å². The van der Waals surface area contributed by atoms with Crippen LogP contribution in [0.15, 0.2) is 18.2 Å². The molecule has 0 aliphatic carbocycles. The van der Waals surface area contributed by atoms with Crippen LogP contribution in [0.5, 0.6) is 11.5 Å². The highest BCUT2D eigenvalue weighted by Crippen LogP contribution is 2.28. The first-order chi connectivity index (χ1) is 8.62. The largest absolute Gasteiger partial charge is 0.493 e. The molecule has 0 amide bonds. The van der Waals surface area contributed by atoms with Gasteiger partial charge < -0.3 is 14.4 Å². The number of alkyl halides is 1. The maximum absolute atomic E-state index is 5.75. The summed E-state index contributed by atoms with van der Waals surface area (Å²) in [7, 11) is 5.40. The molecule has 0 fully saturated rings. The minimum Gasteiger partial charge on any atom is -0.493 e. The van der Waals surface area contributed by atoms with E-state index in [1.165, 1.54) is 5.56 Å². The Morgan fingerprint density at radius 1 is 1.22 bits per heavy atom. The third-order valence-corrected chi connectivity index (χ3v) is 3.34. The van der Waals surface area contributed by atoms with Crippen LogP contribution in [0, 0.1) is 0 Å². The van der Waals surface area contributed by atoms with Crippen molar-refractivity contribution in [3.8, 4) is 11.5 Å². The number of hydrogen-bond donors (Lipinski definition) is 0. The molecule has 0 N–H and O–H groups in total. The predicted molar refractivity (Wildman–Crippen MR) is 76.1 cm³/mol. The van der Waals surface area contributed by atoms with Gasteiger partial charge in [-0.2, -0.15) is 0 Å². The highest BCUT2D eigenvalue weighted by Gasteiger charge is 2.11. The van der Waals surface area contributed by atoms with Crippen LogP contribution in [0.25, 0.3) is 0 Å². The summed E-state index contributed by atoms with van der Waals surface area (Å²) in [6.07, 6.45) is 0.966. The Morgan fingerprint density at radius 3 is 2.44 bits per heavy atom. The van der Waals surface area contributed by atoms with E-state index in [2.05, 4.69) is 24.9 Å². The normalized spacial score (nSPS) is 12.6. The molecule has 0 aliphatic rings. The number of nitrogens with zero attached hydrogens (tertiary/aromatic N) is 1. The van der Waals surface area contributed by atoms with Crippen LogP contribution in [-0.4, -0.2) is 44.6 Å². The molecule has 4 heteroatoms. The van der Waals surface area contributed by atoms with E-state index in [-0.39, 0.29) is 0 Å². The molecular weight excluding hydrogens is 250 g/mol. The number of benzene rings is 1. The molecule has 1 aromatic rings. The van der Waals surface area contributed by atoms with Gasteiger partial charge >= 0.3 is 0 Å². The highest BCUT2D eigenvalue weighted by molar-refractivity contribution is 6.18. The number of ether oxygens (including phenoxy) is 2. The number of halogens is 1. The molecular formula is C14H22ClNO2. The van der Waals surface area contributed by atoms with Crippen LogP contribution < -0.4 is 9.47 Å². The second kappa shape index (κ2) is 7.49. The summed E-state index contributed by atoms with van der Waals surface area (Å²) >= 11 is 5.75. The van der Waals surface area contributed by atoms with Gasteiger partial charge in [0, 0.05) is 18.5 Å². The zero-order chi connectivity index (χ0) is 13.5. The van der Waals surface area contributed by atoms with E-state index in [0.29, 0.717) is 11.9 Å². The summed E-state index contributed by atoms with van der Waals surface area (Å²) in [5.74, 6) is 2.21. The van der Waals surface area contributed by atoms with E-state index in [1.807, 2.05) is 12.1 Å². The lowest BCUT2D eigenvalue weighted by molar-refractivity contribution is 0.271. The fraction of sp³-hybridized carbons (Fsp3) is 0.571. The van der Waals surface area contributed by atoms with Crippen LogP contribution in [-0.2, 0) is 6.42 Å². The molecule has 3 nitrogen and oxygen atoms in total. The average Bonchev–Trinajstić information content (AvgIpc) is 2.38. The number of methoxy groups -OCH3 is 2. The molecule has 18 heavy (non-hydrogen) atoms. The lowest BCUT2D eigenvalue weighted by atomic mass is 10.1. The smallest absolute Gasteiger partial charge is 0.160 e. The van der Waals surface area contributed by atoms with Crippen LogP contribution in [0.2, 0.25) is 0 Å². The summed E-state index contributed by atoms with van der Waals surface area (Å²) < 4.78 is 10.5. The van der Waals surface area contributed by atoms with E-state index in [0.717, 1.165) is 24.5 Å². The third-order valence-electron chi connectivity index (χ3n) is 3.17. The van der Waals surface area contributed by atoms with Gasteiger partial charge in [-0.15, -0.1) is 11.6 Å². The summed E-state index contributed by atoms with van der Waals surface area (Å²) in [4.78, 5) is 2.25. The molecule has 0 radical (unpaired) electrons. The lowest BCUT2D eigenvalue weighted by Gasteiger charge is -2.24. The summed E-state index contributed by atoms with van der Waals surface area (Å²) in [5.41, 5.74) is 1.24. The van der Waals surface area contributed by atoms with Crippen molar-refractivity contribution in [3.63, 3.8) is 0 Å². The Hall–Kier alpha value is -0.930. The Bertz CT molecular complexity index is 371. The standard InChI is InChI=1S/C14H22ClNO2/c1-11(16(2)8-7-15)9-12-5-6-13(17-3)14(10-12)18-4/h5-6,10-11H,7-9H2,1-4H3. The summed E-state index contributed by atoms with van der Waals surface area (Å²) in [6.45, 7) is 3.10. The zero-order valence-electron chi connectivity index (χ0n) is 11.6. The van der Waals surface area contributed by atoms with Crippen molar-refractivity contribution >= 4 is 11.6 Å². The summed E-state index contributed by atoms with van der Waals surface area (Å²) in [5, 5.41) is 0. The minimum absolute atomic E-state index is 0.446. The quantitative estimate of drug-likeness (QED) is 0.712. The molecule has 1 unspecified atom stereocenters. The fourth-order valence-corrected chi connectivity index (χ4v) is 2.12. The van der Waals surface area contributed by atoms with Crippen LogP contribution >= 0.6 is 11.6 Å². The van der Waals surface area contributed by atoms with E-state index in [4.69, 9.17) is 21.1 Å². The van der Waals surface area contributed by atoms with Gasteiger partial charge in [0.15, 0.2) is 11.5 Å².